The van der Waals surface area contributed by atoms with Crippen molar-refractivity contribution in [1.29, 1.82) is 0 Å². The number of hydrogen-bond acceptors (Lipinski definition) is 4. The molecule has 2 aromatic heterocycles. The maximum atomic E-state index is 5.13. The highest BCUT2D eigenvalue weighted by Crippen LogP contribution is 2.40. The number of aromatic nitrogens is 3. The van der Waals surface area contributed by atoms with Gasteiger partial charge in [0.2, 0.25) is 0 Å². The Morgan fingerprint density at radius 2 is 0.894 bits per heavy atom. The largest absolute Gasteiger partial charge is 0.208 e. The lowest BCUT2D eigenvalue weighted by molar-refractivity contribution is 1.08. The second-order valence-corrected chi connectivity index (χ2v) is 12.7. The fraction of sp³-hybridized carbons (Fsp3) is 0. The van der Waals surface area contributed by atoms with E-state index in [-0.39, 0.29) is 0 Å². The molecule has 220 valence electrons. The van der Waals surface area contributed by atoms with Crippen molar-refractivity contribution in [2.24, 2.45) is 0 Å². The predicted octanol–water partition coefficient (Wildman–Crippen LogP) is 11.7. The summed E-state index contributed by atoms with van der Waals surface area (Å²) in [4.78, 5) is 15.2. The molecule has 0 unspecified atom stereocenters. The van der Waals surface area contributed by atoms with Crippen LogP contribution in [0.15, 0.2) is 164 Å². The molecule has 0 bridgehead atoms. The Labute approximate surface area is 276 Å². The summed E-state index contributed by atoms with van der Waals surface area (Å²) in [6.45, 7) is 0. The van der Waals surface area contributed by atoms with Crippen LogP contribution in [0.3, 0.4) is 0 Å². The Bertz CT molecular complexity index is 2500. The van der Waals surface area contributed by atoms with Crippen LogP contribution < -0.4 is 0 Å². The first-order chi connectivity index (χ1) is 23.3. The van der Waals surface area contributed by atoms with Crippen LogP contribution in [0, 0.1) is 0 Å². The summed E-state index contributed by atoms with van der Waals surface area (Å²) < 4.78 is 2.64. The smallest absolute Gasteiger partial charge is 0.165 e. The van der Waals surface area contributed by atoms with Gasteiger partial charge in [-0.05, 0) is 51.2 Å². The van der Waals surface area contributed by atoms with Gasteiger partial charge in [-0.1, -0.05) is 146 Å². The van der Waals surface area contributed by atoms with E-state index < -0.39 is 0 Å². The fourth-order valence-corrected chi connectivity index (χ4v) is 7.51. The molecule has 0 amide bonds. The summed E-state index contributed by atoms with van der Waals surface area (Å²) in [5.74, 6) is 1.96. The Morgan fingerprint density at radius 1 is 0.340 bits per heavy atom. The Balaban J connectivity index is 1.21. The summed E-state index contributed by atoms with van der Waals surface area (Å²) in [6.07, 6.45) is 0. The molecule has 9 aromatic rings. The molecule has 7 aromatic carbocycles. The van der Waals surface area contributed by atoms with E-state index in [9.17, 15) is 0 Å². The summed E-state index contributed by atoms with van der Waals surface area (Å²) in [5.41, 5.74) is 7.50. The molecule has 4 heteroatoms. The van der Waals surface area contributed by atoms with E-state index in [1.54, 1.807) is 0 Å². The van der Waals surface area contributed by atoms with Crippen LogP contribution in [0.1, 0.15) is 0 Å². The molecule has 0 aliphatic rings. The maximum absolute atomic E-state index is 5.13. The summed E-state index contributed by atoms with van der Waals surface area (Å²) in [5, 5.41) is 4.87. The minimum Gasteiger partial charge on any atom is -0.208 e. The zero-order valence-corrected chi connectivity index (χ0v) is 26.2. The molecule has 3 nitrogen and oxygen atoms in total. The third kappa shape index (κ3) is 4.96. The Morgan fingerprint density at radius 3 is 1.62 bits per heavy atom. The normalized spacial score (nSPS) is 11.4. The van der Waals surface area contributed by atoms with Crippen LogP contribution >= 0.6 is 11.3 Å². The van der Waals surface area contributed by atoms with Crippen LogP contribution in [-0.2, 0) is 0 Å². The molecule has 0 saturated heterocycles. The van der Waals surface area contributed by atoms with Crippen molar-refractivity contribution in [3.8, 4) is 56.4 Å². The van der Waals surface area contributed by atoms with Crippen molar-refractivity contribution in [3.05, 3.63) is 164 Å². The number of fused-ring (bicyclic) bond motifs is 4. The van der Waals surface area contributed by atoms with Crippen molar-refractivity contribution >= 4 is 42.3 Å². The highest BCUT2D eigenvalue weighted by molar-refractivity contribution is 7.25. The summed E-state index contributed by atoms with van der Waals surface area (Å²) >= 11 is 1.85. The predicted molar refractivity (Wildman–Crippen MR) is 197 cm³/mol. The van der Waals surface area contributed by atoms with Crippen molar-refractivity contribution in [2.45, 2.75) is 0 Å². The fourth-order valence-electron chi connectivity index (χ4n) is 6.42. The number of hydrogen-bond donors (Lipinski definition) is 0. The highest BCUT2D eigenvalue weighted by atomic mass is 32.1. The van der Waals surface area contributed by atoms with Gasteiger partial charge < -0.3 is 0 Å². The van der Waals surface area contributed by atoms with Gasteiger partial charge in [-0.15, -0.1) is 11.3 Å². The van der Waals surface area contributed by atoms with Gasteiger partial charge in [0.05, 0.1) is 0 Å². The van der Waals surface area contributed by atoms with Crippen molar-refractivity contribution in [2.75, 3.05) is 0 Å². The van der Waals surface area contributed by atoms with Gasteiger partial charge in [0.1, 0.15) is 0 Å². The van der Waals surface area contributed by atoms with Gasteiger partial charge in [0.15, 0.2) is 17.5 Å². The van der Waals surface area contributed by atoms with Crippen LogP contribution in [-0.4, -0.2) is 15.0 Å². The van der Waals surface area contributed by atoms with Gasteiger partial charge in [-0.2, -0.15) is 0 Å². The van der Waals surface area contributed by atoms with Crippen LogP contribution in [0.2, 0.25) is 0 Å². The molecule has 0 fully saturated rings. The summed E-state index contributed by atoms with van der Waals surface area (Å²) in [7, 11) is 0. The van der Waals surface area contributed by atoms with Crippen molar-refractivity contribution in [3.63, 3.8) is 0 Å². The standard InChI is InChI=1S/C43H27N3S/c1-3-12-31(13-4-1)41-44-42(32-14-5-2-6-15-32)46-43(45-41)40-34-16-8-7-11-29(34)23-25-35(40)30-21-19-28(20-22-30)33-24-26-39-37(27-33)36-17-9-10-18-38(36)47-39/h1-27H. The quantitative estimate of drug-likeness (QED) is 0.193. The lowest BCUT2D eigenvalue weighted by Crippen LogP contribution is -2.01. The average Bonchev–Trinajstić information content (AvgIpc) is 3.53. The Hall–Kier alpha value is -5.97. The van der Waals surface area contributed by atoms with E-state index in [0.717, 1.165) is 38.6 Å². The first kappa shape index (κ1) is 27.3. The summed E-state index contributed by atoms with van der Waals surface area (Å²) in [6, 6.07) is 57.5. The molecule has 47 heavy (non-hydrogen) atoms. The molecule has 0 aliphatic carbocycles. The molecule has 0 spiro atoms. The van der Waals surface area contributed by atoms with E-state index in [1.165, 1.54) is 31.3 Å². The number of thiophene rings is 1. The lowest BCUT2D eigenvalue weighted by Gasteiger charge is -2.15. The van der Waals surface area contributed by atoms with E-state index >= 15 is 0 Å². The van der Waals surface area contributed by atoms with Gasteiger partial charge in [0.25, 0.3) is 0 Å². The van der Waals surface area contributed by atoms with Crippen molar-refractivity contribution < 1.29 is 0 Å². The van der Waals surface area contributed by atoms with E-state index in [1.807, 2.05) is 72.0 Å². The maximum Gasteiger partial charge on any atom is 0.165 e. The monoisotopic (exact) mass is 617 g/mol. The minimum atomic E-state index is 0.653. The molecular weight excluding hydrogens is 591 g/mol. The molecule has 0 N–H and O–H groups in total. The van der Waals surface area contributed by atoms with Crippen molar-refractivity contribution in [1.82, 2.24) is 15.0 Å². The third-order valence-electron chi connectivity index (χ3n) is 8.76. The molecule has 2 heterocycles. The van der Waals surface area contributed by atoms with E-state index in [2.05, 4.69) is 103 Å². The molecule has 9 rings (SSSR count). The Kier molecular flexibility index (Phi) is 6.65. The second kappa shape index (κ2) is 11.4. The molecular formula is C43H27N3S. The van der Waals surface area contributed by atoms with Gasteiger partial charge >= 0.3 is 0 Å². The third-order valence-corrected chi connectivity index (χ3v) is 9.91. The van der Waals surface area contributed by atoms with Gasteiger partial charge in [-0.3, -0.25) is 0 Å². The van der Waals surface area contributed by atoms with Crippen LogP contribution in [0.25, 0.3) is 87.4 Å². The van der Waals surface area contributed by atoms with Gasteiger partial charge in [-0.25, -0.2) is 15.0 Å². The van der Waals surface area contributed by atoms with Gasteiger partial charge in [0, 0.05) is 36.9 Å². The molecule has 0 atom stereocenters. The zero-order chi connectivity index (χ0) is 31.2. The number of rotatable bonds is 5. The molecule has 0 aliphatic heterocycles. The molecule has 0 saturated carbocycles. The first-order valence-corrected chi connectivity index (χ1v) is 16.5. The number of nitrogens with zero attached hydrogens (tertiary/aromatic N) is 3. The minimum absolute atomic E-state index is 0.653. The average molecular weight is 618 g/mol. The van der Waals surface area contributed by atoms with E-state index in [4.69, 9.17) is 15.0 Å². The highest BCUT2D eigenvalue weighted by Gasteiger charge is 2.18. The van der Waals surface area contributed by atoms with Crippen LogP contribution in [0.4, 0.5) is 0 Å². The first-order valence-electron chi connectivity index (χ1n) is 15.7. The van der Waals surface area contributed by atoms with Crippen LogP contribution in [0.5, 0.6) is 0 Å². The molecule has 0 radical (unpaired) electrons. The SMILES string of the molecule is c1ccc(-c2nc(-c3ccccc3)nc(-c3c(-c4ccc(-c5ccc6sc7ccccc7c6c5)cc4)ccc4ccccc34)n2)cc1. The topological polar surface area (TPSA) is 38.7 Å². The second-order valence-electron chi connectivity index (χ2n) is 11.6. The van der Waals surface area contributed by atoms with E-state index in [0.29, 0.717) is 17.5 Å². The lowest BCUT2D eigenvalue weighted by atomic mass is 9.92. The zero-order valence-electron chi connectivity index (χ0n) is 25.3. The number of benzene rings is 7.